The summed E-state index contributed by atoms with van der Waals surface area (Å²) in [6.07, 6.45) is 0. The normalized spacial score (nSPS) is 20.4. The van der Waals surface area contributed by atoms with Crippen molar-refractivity contribution in [3.8, 4) is 11.1 Å². The van der Waals surface area contributed by atoms with Gasteiger partial charge in [-0.3, -0.25) is 0 Å². The Morgan fingerprint density at radius 3 is 2.81 bits per heavy atom. The maximum atomic E-state index is 2.30. The van der Waals surface area contributed by atoms with Crippen LogP contribution in [-0.4, -0.2) is 5.75 Å². The lowest BCUT2D eigenvalue weighted by atomic mass is 9.95. The van der Waals surface area contributed by atoms with Crippen LogP contribution in [0.5, 0.6) is 0 Å². The van der Waals surface area contributed by atoms with Crippen LogP contribution in [0.15, 0.2) is 42.5 Å². The number of benzene rings is 2. The van der Waals surface area contributed by atoms with E-state index in [4.69, 9.17) is 0 Å². The Morgan fingerprint density at radius 2 is 1.81 bits per heavy atom. The van der Waals surface area contributed by atoms with E-state index < -0.39 is 0 Å². The third-order valence-electron chi connectivity index (χ3n) is 3.71. The van der Waals surface area contributed by atoms with E-state index in [1.165, 1.54) is 28.2 Å². The zero-order chi connectivity index (χ0) is 10.5. The van der Waals surface area contributed by atoms with Crippen LogP contribution in [-0.2, 0) is 5.75 Å². The highest BCUT2D eigenvalue weighted by molar-refractivity contribution is 7.98. The smallest absolute Gasteiger partial charge is 0.0195 e. The number of thioether (sulfide) groups is 1. The molecule has 4 rings (SSSR count). The molecule has 0 saturated carbocycles. The molecule has 0 radical (unpaired) electrons. The number of fused-ring (bicyclic) bond motifs is 3. The van der Waals surface area contributed by atoms with Gasteiger partial charge in [-0.2, -0.15) is 11.8 Å². The highest BCUT2D eigenvalue weighted by Crippen LogP contribution is 2.50. The molecule has 78 valence electrons. The molecular formula is C15H12S. The standard InChI is InChI=1S/C15H12S/c1-2-6-12-11(5-1)13-7-3-4-10-8-16-9-14(12)15(10)13/h1-7,14H,8-9H2. The fourth-order valence-corrected chi connectivity index (χ4v) is 4.22. The molecule has 0 nitrogen and oxygen atoms in total. The van der Waals surface area contributed by atoms with Crippen molar-refractivity contribution in [1.29, 1.82) is 0 Å². The van der Waals surface area contributed by atoms with E-state index in [2.05, 4.69) is 54.2 Å². The first-order valence-electron chi connectivity index (χ1n) is 5.74. The second-order valence-electron chi connectivity index (χ2n) is 4.53. The van der Waals surface area contributed by atoms with Crippen LogP contribution in [0, 0.1) is 0 Å². The molecule has 0 aromatic heterocycles. The maximum absolute atomic E-state index is 2.30. The van der Waals surface area contributed by atoms with Crippen molar-refractivity contribution in [2.75, 3.05) is 5.75 Å². The topological polar surface area (TPSA) is 0 Å². The fourth-order valence-electron chi connectivity index (χ4n) is 3.05. The van der Waals surface area contributed by atoms with Crippen LogP contribution in [0.2, 0.25) is 0 Å². The first kappa shape index (κ1) is 8.89. The molecular weight excluding hydrogens is 212 g/mol. The molecule has 1 aliphatic heterocycles. The van der Waals surface area contributed by atoms with Crippen molar-refractivity contribution in [2.45, 2.75) is 11.7 Å². The van der Waals surface area contributed by atoms with Gasteiger partial charge in [0.15, 0.2) is 0 Å². The average molecular weight is 224 g/mol. The summed E-state index contributed by atoms with van der Waals surface area (Å²) in [5, 5.41) is 0. The van der Waals surface area contributed by atoms with Crippen molar-refractivity contribution in [2.24, 2.45) is 0 Å². The molecule has 0 saturated heterocycles. The lowest BCUT2D eigenvalue weighted by Gasteiger charge is -2.21. The summed E-state index contributed by atoms with van der Waals surface area (Å²) in [5.41, 5.74) is 7.65. The lowest BCUT2D eigenvalue weighted by Crippen LogP contribution is -2.08. The van der Waals surface area contributed by atoms with Gasteiger partial charge in [-0.25, -0.2) is 0 Å². The van der Waals surface area contributed by atoms with Crippen LogP contribution < -0.4 is 0 Å². The maximum Gasteiger partial charge on any atom is 0.0195 e. The minimum Gasteiger partial charge on any atom is -0.156 e. The molecule has 1 atom stereocenters. The van der Waals surface area contributed by atoms with E-state index in [-0.39, 0.29) is 0 Å². The van der Waals surface area contributed by atoms with Gasteiger partial charge in [0.25, 0.3) is 0 Å². The summed E-state index contributed by atoms with van der Waals surface area (Å²) in [6, 6.07) is 15.7. The van der Waals surface area contributed by atoms with Gasteiger partial charge >= 0.3 is 0 Å². The van der Waals surface area contributed by atoms with Gasteiger partial charge in [0.05, 0.1) is 0 Å². The third-order valence-corrected chi connectivity index (χ3v) is 4.80. The molecule has 0 spiro atoms. The lowest BCUT2D eigenvalue weighted by molar-refractivity contribution is 0.938. The first-order valence-corrected chi connectivity index (χ1v) is 6.89. The summed E-state index contributed by atoms with van der Waals surface area (Å²) in [5.74, 6) is 3.09. The van der Waals surface area contributed by atoms with E-state index >= 15 is 0 Å². The average Bonchev–Trinajstić information content (AvgIpc) is 2.68. The molecule has 0 bridgehead atoms. The largest absolute Gasteiger partial charge is 0.156 e. The molecule has 2 aliphatic rings. The Kier molecular flexibility index (Phi) is 1.75. The van der Waals surface area contributed by atoms with E-state index in [9.17, 15) is 0 Å². The summed E-state index contributed by atoms with van der Waals surface area (Å²) in [7, 11) is 0. The summed E-state index contributed by atoms with van der Waals surface area (Å²) in [6.45, 7) is 0. The van der Waals surface area contributed by atoms with Crippen molar-refractivity contribution in [3.63, 3.8) is 0 Å². The SMILES string of the molecule is c1ccc2c(c1)-c1cccc3c1C2CSC3. The van der Waals surface area contributed by atoms with E-state index in [0.29, 0.717) is 5.92 Å². The number of hydrogen-bond acceptors (Lipinski definition) is 1. The van der Waals surface area contributed by atoms with Crippen molar-refractivity contribution in [3.05, 3.63) is 59.2 Å². The van der Waals surface area contributed by atoms with Gasteiger partial charge in [0, 0.05) is 17.4 Å². The summed E-state index contributed by atoms with van der Waals surface area (Å²) in [4.78, 5) is 0. The molecule has 16 heavy (non-hydrogen) atoms. The van der Waals surface area contributed by atoms with Crippen molar-refractivity contribution >= 4 is 11.8 Å². The van der Waals surface area contributed by atoms with Crippen LogP contribution in [0.4, 0.5) is 0 Å². The van der Waals surface area contributed by atoms with Gasteiger partial charge in [-0.1, -0.05) is 42.5 Å². The number of hydrogen-bond donors (Lipinski definition) is 0. The number of rotatable bonds is 0. The molecule has 2 aromatic rings. The van der Waals surface area contributed by atoms with Crippen LogP contribution in [0.1, 0.15) is 22.6 Å². The molecule has 1 aliphatic carbocycles. The summed E-state index contributed by atoms with van der Waals surface area (Å²) < 4.78 is 0. The van der Waals surface area contributed by atoms with Crippen LogP contribution in [0.3, 0.4) is 0 Å². The zero-order valence-electron chi connectivity index (χ0n) is 8.94. The second-order valence-corrected chi connectivity index (χ2v) is 5.56. The first-order chi connectivity index (χ1) is 7.95. The highest BCUT2D eigenvalue weighted by Gasteiger charge is 2.32. The molecule has 2 aromatic carbocycles. The van der Waals surface area contributed by atoms with Gasteiger partial charge in [-0.05, 0) is 27.8 Å². The minimum atomic E-state index is 0.654. The van der Waals surface area contributed by atoms with E-state index in [0.717, 1.165) is 0 Å². The fraction of sp³-hybridized carbons (Fsp3) is 0.200. The monoisotopic (exact) mass is 224 g/mol. The molecule has 1 heterocycles. The molecule has 0 amide bonds. The van der Waals surface area contributed by atoms with Gasteiger partial charge in [0.2, 0.25) is 0 Å². The summed E-state index contributed by atoms with van der Waals surface area (Å²) >= 11 is 2.07. The zero-order valence-corrected chi connectivity index (χ0v) is 9.76. The molecule has 1 unspecified atom stereocenters. The third kappa shape index (κ3) is 1.02. The quantitative estimate of drug-likeness (QED) is 0.650. The molecule has 0 N–H and O–H groups in total. The van der Waals surface area contributed by atoms with Crippen molar-refractivity contribution in [1.82, 2.24) is 0 Å². The van der Waals surface area contributed by atoms with Gasteiger partial charge in [0.1, 0.15) is 0 Å². The minimum absolute atomic E-state index is 0.654. The Bertz CT molecular complexity index is 571. The predicted octanol–water partition coefficient (Wildman–Crippen LogP) is 4.05. The van der Waals surface area contributed by atoms with Gasteiger partial charge < -0.3 is 0 Å². The Morgan fingerprint density at radius 1 is 0.938 bits per heavy atom. The molecule has 0 fully saturated rings. The Balaban J connectivity index is 2.10. The molecule has 1 heteroatoms. The van der Waals surface area contributed by atoms with E-state index in [1.807, 2.05) is 0 Å². The Labute approximate surface area is 99.7 Å². The highest BCUT2D eigenvalue weighted by atomic mass is 32.2. The van der Waals surface area contributed by atoms with E-state index in [1.54, 1.807) is 11.1 Å². The Hall–Kier alpha value is -1.21. The van der Waals surface area contributed by atoms with Crippen LogP contribution in [0.25, 0.3) is 11.1 Å². The van der Waals surface area contributed by atoms with Crippen molar-refractivity contribution < 1.29 is 0 Å². The van der Waals surface area contributed by atoms with Gasteiger partial charge in [-0.15, -0.1) is 0 Å². The van der Waals surface area contributed by atoms with Crippen LogP contribution >= 0.6 is 11.8 Å². The second kappa shape index (κ2) is 3.14. The predicted molar refractivity (Wildman–Crippen MR) is 69.9 cm³/mol.